The molecule has 0 bridgehead atoms. The number of hydrogen-bond acceptors (Lipinski definition) is 5. The smallest absolute Gasteiger partial charge is 0.267 e. The first-order valence-corrected chi connectivity index (χ1v) is 14.8. The van der Waals surface area contributed by atoms with Crippen LogP contribution in [0.15, 0.2) is 107 Å². The molecule has 0 unspecified atom stereocenters. The molecule has 3 heterocycles. The SMILES string of the molecule is Cc1ccc(-n2c(C)cc(C(=O)CSc3nc4sc(-c5ccccc5)cc4c(=O)n3-c3ccccc3)c2C)cc1. The van der Waals surface area contributed by atoms with E-state index in [9.17, 15) is 9.59 Å². The van der Waals surface area contributed by atoms with E-state index in [1.165, 1.54) is 28.7 Å². The molecule has 0 N–H and O–H groups in total. The van der Waals surface area contributed by atoms with Crippen molar-refractivity contribution in [3.05, 3.63) is 130 Å². The van der Waals surface area contributed by atoms with Gasteiger partial charge in [-0.05, 0) is 62.7 Å². The maximum absolute atomic E-state index is 13.8. The molecule has 198 valence electrons. The van der Waals surface area contributed by atoms with Crippen LogP contribution in [-0.2, 0) is 0 Å². The van der Waals surface area contributed by atoms with Crippen LogP contribution < -0.4 is 5.56 Å². The van der Waals surface area contributed by atoms with E-state index in [0.717, 1.165) is 33.2 Å². The summed E-state index contributed by atoms with van der Waals surface area (Å²) in [7, 11) is 0. The molecule has 0 fully saturated rings. The lowest BCUT2D eigenvalue weighted by molar-refractivity contribution is 0.102. The third-order valence-electron chi connectivity index (χ3n) is 6.96. The fourth-order valence-electron chi connectivity index (χ4n) is 4.95. The van der Waals surface area contributed by atoms with E-state index in [0.29, 0.717) is 20.9 Å². The van der Waals surface area contributed by atoms with Crippen LogP contribution in [0.4, 0.5) is 0 Å². The van der Waals surface area contributed by atoms with Crippen LogP contribution in [0.3, 0.4) is 0 Å². The van der Waals surface area contributed by atoms with Crippen molar-refractivity contribution in [3.63, 3.8) is 0 Å². The van der Waals surface area contributed by atoms with Crippen molar-refractivity contribution < 1.29 is 4.79 Å². The lowest BCUT2D eigenvalue weighted by atomic mass is 10.2. The highest BCUT2D eigenvalue weighted by Crippen LogP contribution is 2.33. The molecule has 0 radical (unpaired) electrons. The lowest BCUT2D eigenvalue weighted by Crippen LogP contribution is -2.21. The second-order valence-corrected chi connectivity index (χ2v) is 11.7. The minimum atomic E-state index is -0.137. The van der Waals surface area contributed by atoms with Crippen LogP contribution >= 0.6 is 23.1 Å². The average molecular weight is 562 g/mol. The normalized spacial score (nSPS) is 11.3. The van der Waals surface area contributed by atoms with Crippen LogP contribution in [0, 0.1) is 20.8 Å². The van der Waals surface area contributed by atoms with Crippen molar-refractivity contribution >= 4 is 39.1 Å². The van der Waals surface area contributed by atoms with E-state index in [4.69, 9.17) is 4.98 Å². The number of benzene rings is 3. The highest BCUT2D eigenvalue weighted by Gasteiger charge is 2.20. The molecule has 0 aliphatic carbocycles. The monoisotopic (exact) mass is 561 g/mol. The van der Waals surface area contributed by atoms with Gasteiger partial charge in [-0.25, -0.2) is 4.98 Å². The van der Waals surface area contributed by atoms with Gasteiger partial charge >= 0.3 is 0 Å². The molecule has 3 aromatic carbocycles. The van der Waals surface area contributed by atoms with Gasteiger partial charge in [-0.1, -0.05) is 78.0 Å². The molecule has 0 atom stereocenters. The first-order chi connectivity index (χ1) is 19.4. The molecular formula is C33H27N3O2S2. The predicted octanol–water partition coefficient (Wildman–Crippen LogP) is 7.81. The Labute approximate surface area is 240 Å². The Kier molecular flexibility index (Phi) is 7.00. The van der Waals surface area contributed by atoms with Gasteiger partial charge < -0.3 is 4.57 Å². The molecule has 3 aromatic heterocycles. The zero-order valence-corrected chi connectivity index (χ0v) is 24.1. The number of thiophene rings is 1. The van der Waals surface area contributed by atoms with Gasteiger partial charge in [-0.2, -0.15) is 0 Å². The molecule has 0 aliphatic heterocycles. The Morgan fingerprint density at radius 3 is 2.17 bits per heavy atom. The summed E-state index contributed by atoms with van der Waals surface area (Å²) in [5.74, 6) is 0.168. The first kappa shape index (κ1) is 26.0. The quantitative estimate of drug-likeness (QED) is 0.113. The summed E-state index contributed by atoms with van der Waals surface area (Å²) in [6.45, 7) is 6.05. The number of ketones is 1. The average Bonchev–Trinajstić information content (AvgIpc) is 3.54. The molecule has 6 aromatic rings. The number of aryl methyl sites for hydroxylation is 2. The van der Waals surface area contributed by atoms with Gasteiger partial charge in [0.2, 0.25) is 0 Å². The molecule has 0 spiro atoms. The van der Waals surface area contributed by atoms with E-state index < -0.39 is 0 Å². The Morgan fingerprint density at radius 2 is 1.48 bits per heavy atom. The molecule has 7 heteroatoms. The number of nitrogens with zero attached hydrogens (tertiary/aromatic N) is 3. The second-order valence-electron chi connectivity index (χ2n) is 9.73. The summed E-state index contributed by atoms with van der Waals surface area (Å²) in [6.07, 6.45) is 0. The predicted molar refractivity (Wildman–Crippen MR) is 166 cm³/mol. The zero-order chi connectivity index (χ0) is 27.8. The molecule has 0 saturated heterocycles. The fourth-order valence-corrected chi connectivity index (χ4v) is 6.93. The Hall–Kier alpha value is -4.20. The zero-order valence-electron chi connectivity index (χ0n) is 22.4. The minimum Gasteiger partial charge on any atom is -0.318 e. The van der Waals surface area contributed by atoms with Gasteiger partial charge in [0.25, 0.3) is 5.56 Å². The summed E-state index contributed by atoms with van der Waals surface area (Å²) in [5, 5.41) is 1.08. The number of fused-ring (bicyclic) bond motifs is 1. The summed E-state index contributed by atoms with van der Waals surface area (Å²) < 4.78 is 3.73. The van der Waals surface area contributed by atoms with Gasteiger partial charge in [0, 0.05) is 27.5 Å². The standard InChI is InChI=1S/C33H27N3O2S2/c1-21-14-16-26(17-15-21)35-22(2)18-27(23(35)3)29(37)20-39-33-34-31-28(19-30(40-31)24-10-6-4-7-11-24)32(38)36(33)25-12-8-5-9-13-25/h4-19H,20H2,1-3H3. The van der Waals surface area contributed by atoms with Crippen LogP contribution in [0.1, 0.15) is 27.3 Å². The van der Waals surface area contributed by atoms with Gasteiger partial charge in [-0.3, -0.25) is 14.2 Å². The number of aromatic nitrogens is 3. The molecule has 0 saturated carbocycles. The van der Waals surface area contributed by atoms with Crippen molar-refractivity contribution in [1.82, 2.24) is 14.1 Å². The summed E-state index contributed by atoms with van der Waals surface area (Å²) >= 11 is 2.79. The first-order valence-electron chi connectivity index (χ1n) is 13.0. The van der Waals surface area contributed by atoms with Crippen LogP contribution in [0.5, 0.6) is 0 Å². The number of carbonyl (C=O) groups excluding carboxylic acids is 1. The lowest BCUT2D eigenvalue weighted by Gasteiger charge is -2.12. The molecule has 6 rings (SSSR count). The van der Waals surface area contributed by atoms with Crippen molar-refractivity contribution in [2.24, 2.45) is 0 Å². The molecule has 0 aliphatic rings. The summed E-state index contributed by atoms with van der Waals surface area (Å²) in [6, 6.07) is 31.6. The van der Waals surface area contributed by atoms with E-state index in [-0.39, 0.29) is 17.1 Å². The number of carbonyl (C=O) groups is 1. The van der Waals surface area contributed by atoms with E-state index >= 15 is 0 Å². The van der Waals surface area contributed by atoms with Crippen molar-refractivity contribution in [2.45, 2.75) is 25.9 Å². The molecule has 40 heavy (non-hydrogen) atoms. The number of hydrogen-bond donors (Lipinski definition) is 0. The molecule has 5 nitrogen and oxygen atoms in total. The maximum Gasteiger partial charge on any atom is 0.267 e. The Bertz CT molecular complexity index is 1900. The number of thioether (sulfide) groups is 1. The molecule has 0 amide bonds. The van der Waals surface area contributed by atoms with Crippen LogP contribution in [-0.4, -0.2) is 25.7 Å². The topological polar surface area (TPSA) is 56.9 Å². The number of rotatable bonds is 7. The maximum atomic E-state index is 13.8. The third kappa shape index (κ3) is 4.83. The minimum absolute atomic E-state index is 0.00146. The summed E-state index contributed by atoms with van der Waals surface area (Å²) in [5.41, 5.74) is 6.44. The van der Waals surface area contributed by atoms with Gasteiger partial charge in [-0.15, -0.1) is 11.3 Å². The Balaban J connectivity index is 1.37. The molecular weight excluding hydrogens is 535 g/mol. The van der Waals surface area contributed by atoms with E-state index in [2.05, 4.69) is 35.8 Å². The highest BCUT2D eigenvalue weighted by atomic mass is 32.2. The van der Waals surface area contributed by atoms with Crippen molar-refractivity contribution in [1.29, 1.82) is 0 Å². The second kappa shape index (κ2) is 10.8. The summed E-state index contributed by atoms with van der Waals surface area (Å²) in [4.78, 5) is 33.9. The third-order valence-corrected chi connectivity index (χ3v) is 8.98. The van der Waals surface area contributed by atoms with E-state index in [1.807, 2.05) is 86.6 Å². The fraction of sp³-hybridized carbons (Fsp3) is 0.121. The van der Waals surface area contributed by atoms with Gasteiger partial charge in [0.1, 0.15) is 4.83 Å². The van der Waals surface area contributed by atoms with Crippen molar-refractivity contribution in [3.8, 4) is 21.8 Å². The Morgan fingerprint density at radius 1 is 0.825 bits per heavy atom. The van der Waals surface area contributed by atoms with E-state index in [1.54, 1.807) is 4.57 Å². The number of para-hydroxylation sites is 1. The number of Topliss-reactive ketones (excluding diaryl/α,β-unsaturated/α-hetero) is 1. The van der Waals surface area contributed by atoms with Gasteiger partial charge in [0.15, 0.2) is 10.9 Å². The van der Waals surface area contributed by atoms with Crippen molar-refractivity contribution in [2.75, 3.05) is 5.75 Å². The highest BCUT2D eigenvalue weighted by molar-refractivity contribution is 7.99. The van der Waals surface area contributed by atoms with Crippen LogP contribution in [0.25, 0.3) is 32.0 Å². The van der Waals surface area contributed by atoms with Gasteiger partial charge in [0.05, 0.1) is 16.8 Å². The van der Waals surface area contributed by atoms with Crippen LogP contribution in [0.2, 0.25) is 0 Å². The largest absolute Gasteiger partial charge is 0.318 e.